The predicted octanol–water partition coefficient (Wildman–Crippen LogP) is 3.60. The minimum atomic E-state index is -0.332. The van der Waals surface area contributed by atoms with Gasteiger partial charge in [-0.3, -0.25) is 9.89 Å². The van der Waals surface area contributed by atoms with E-state index in [1.807, 2.05) is 37.3 Å². The van der Waals surface area contributed by atoms with Gasteiger partial charge >= 0.3 is 0 Å². The SMILES string of the molecule is COc1ccc(NC(=O)[C@@H](C)Sc2n[nH]c(-c3ccccc3)n2)cc1. The van der Waals surface area contributed by atoms with Gasteiger partial charge in [-0.15, -0.1) is 5.10 Å². The molecule has 25 heavy (non-hydrogen) atoms. The normalized spacial score (nSPS) is 11.8. The molecule has 2 N–H and O–H groups in total. The molecule has 0 saturated heterocycles. The van der Waals surface area contributed by atoms with E-state index >= 15 is 0 Å². The van der Waals surface area contributed by atoms with E-state index in [9.17, 15) is 4.79 Å². The smallest absolute Gasteiger partial charge is 0.237 e. The van der Waals surface area contributed by atoms with Gasteiger partial charge in [0.2, 0.25) is 11.1 Å². The fraction of sp³-hybridized carbons (Fsp3) is 0.167. The van der Waals surface area contributed by atoms with E-state index in [2.05, 4.69) is 20.5 Å². The van der Waals surface area contributed by atoms with Gasteiger partial charge in [0, 0.05) is 11.3 Å². The number of rotatable bonds is 6. The van der Waals surface area contributed by atoms with Crippen LogP contribution >= 0.6 is 11.8 Å². The van der Waals surface area contributed by atoms with Gasteiger partial charge in [0.25, 0.3) is 0 Å². The summed E-state index contributed by atoms with van der Waals surface area (Å²) in [6, 6.07) is 16.9. The molecule has 1 atom stereocenters. The van der Waals surface area contributed by atoms with Crippen LogP contribution in [-0.4, -0.2) is 33.4 Å². The topological polar surface area (TPSA) is 79.9 Å². The zero-order valence-electron chi connectivity index (χ0n) is 13.9. The van der Waals surface area contributed by atoms with E-state index in [0.717, 1.165) is 17.0 Å². The Labute approximate surface area is 150 Å². The number of methoxy groups -OCH3 is 1. The average molecular weight is 354 g/mol. The third kappa shape index (κ3) is 4.39. The number of anilines is 1. The zero-order chi connectivity index (χ0) is 17.6. The van der Waals surface area contributed by atoms with Crippen molar-refractivity contribution in [1.82, 2.24) is 15.2 Å². The highest BCUT2D eigenvalue weighted by molar-refractivity contribution is 8.00. The molecule has 0 bridgehead atoms. The van der Waals surface area contributed by atoms with Crippen molar-refractivity contribution in [2.24, 2.45) is 0 Å². The van der Waals surface area contributed by atoms with Crippen molar-refractivity contribution in [3.05, 3.63) is 54.6 Å². The Bertz CT molecular complexity index is 834. The summed E-state index contributed by atoms with van der Waals surface area (Å²) in [5.41, 5.74) is 1.68. The first-order valence-corrected chi connectivity index (χ1v) is 8.63. The lowest BCUT2D eigenvalue weighted by Gasteiger charge is -2.10. The molecule has 0 unspecified atom stereocenters. The lowest BCUT2D eigenvalue weighted by atomic mass is 10.2. The van der Waals surface area contributed by atoms with Crippen molar-refractivity contribution in [3.63, 3.8) is 0 Å². The Morgan fingerprint density at radius 2 is 1.88 bits per heavy atom. The Morgan fingerprint density at radius 1 is 1.16 bits per heavy atom. The van der Waals surface area contributed by atoms with Crippen molar-refractivity contribution >= 4 is 23.4 Å². The van der Waals surface area contributed by atoms with Crippen LogP contribution in [0.2, 0.25) is 0 Å². The van der Waals surface area contributed by atoms with E-state index in [-0.39, 0.29) is 11.2 Å². The summed E-state index contributed by atoms with van der Waals surface area (Å²) < 4.78 is 5.10. The molecule has 0 spiro atoms. The van der Waals surface area contributed by atoms with Gasteiger partial charge in [-0.05, 0) is 31.2 Å². The molecule has 1 aromatic heterocycles. The highest BCUT2D eigenvalue weighted by Gasteiger charge is 2.17. The number of amides is 1. The van der Waals surface area contributed by atoms with Crippen LogP contribution in [0.1, 0.15) is 6.92 Å². The van der Waals surface area contributed by atoms with E-state index in [4.69, 9.17) is 4.74 Å². The molecule has 1 heterocycles. The molecule has 0 aliphatic carbocycles. The molecule has 2 aromatic carbocycles. The maximum Gasteiger partial charge on any atom is 0.237 e. The zero-order valence-corrected chi connectivity index (χ0v) is 14.7. The summed E-state index contributed by atoms with van der Waals surface area (Å²) in [7, 11) is 1.60. The molecule has 1 amide bonds. The van der Waals surface area contributed by atoms with E-state index in [1.54, 1.807) is 31.4 Å². The van der Waals surface area contributed by atoms with Gasteiger partial charge in [-0.1, -0.05) is 42.1 Å². The van der Waals surface area contributed by atoms with Gasteiger partial charge < -0.3 is 10.1 Å². The van der Waals surface area contributed by atoms with Crippen LogP contribution in [-0.2, 0) is 4.79 Å². The molecule has 128 valence electrons. The summed E-state index contributed by atoms with van der Waals surface area (Å²) in [4.78, 5) is 16.8. The van der Waals surface area contributed by atoms with Gasteiger partial charge in [-0.2, -0.15) is 0 Å². The molecule has 3 aromatic rings. The Kier molecular flexibility index (Phi) is 5.35. The minimum absolute atomic E-state index is 0.110. The number of benzene rings is 2. The molecule has 0 saturated carbocycles. The number of nitrogens with zero attached hydrogens (tertiary/aromatic N) is 2. The summed E-state index contributed by atoms with van der Waals surface area (Å²) in [6.07, 6.45) is 0. The lowest BCUT2D eigenvalue weighted by molar-refractivity contribution is -0.115. The van der Waals surface area contributed by atoms with Crippen molar-refractivity contribution < 1.29 is 9.53 Å². The fourth-order valence-corrected chi connectivity index (χ4v) is 2.88. The van der Waals surface area contributed by atoms with Crippen LogP contribution in [0.5, 0.6) is 5.75 Å². The second-order valence-corrected chi connectivity index (χ2v) is 6.62. The maximum atomic E-state index is 12.3. The molecule has 0 aliphatic heterocycles. The maximum absolute atomic E-state index is 12.3. The number of carbonyl (C=O) groups excluding carboxylic acids is 1. The number of ether oxygens (including phenoxy) is 1. The van der Waals surface area contributed by atoms with Crippen molar-refractivity contribution in [2.75, 3.05) is 12.4 Å². The molecule has 0 fully saturated rings. The molecule has 3 rings (SSSR count). The Morgan fingerprint density at radius 3 is 2.56 bits per heavy atom. The number of thioether (sulfide) groups is 1. The molecular weight excluding hydrogens is 336 g/mol. The number of H-pyrrole nitrogens is 1. The molecule has 0 aliphatic rings. The van der Waals surface area contributed by atoms with Crippen LogP contribution in [0.15, 0.2) is 59.8 Å². The molecule has 0 radical (unpaired) electrons. The number of nitrogens with one attached hydrogen (secondary N) is 2. The van der Waals surface area contributed by atoms with Gasteiger partial charge in [0.05, 0.1) is 12.4 Å². The van der Waals surface area contributed by atoms with E-state index < -0.39 is 0 Å². The third-order valence-corrected chi connectivity index (χ3v) is 4.48. The molecular formula is C18H18N4O2S. The largest absolute Gasteiger partial charge is 0.497 e. The minimum Gasteiger partial charge on any atom is -0.497 e. The average Bonchev–Trinajstić information content (AvgIpc) is 3.11. The van der Waals surface area contributed by atoms with Crippen LogP contribution in [0.25, 0.3) is 11.4 Å². The second kappa shape index (κ2) is 7.85. The monoisotopic (exact) mass is 354 g/mol. The first-order valence-electron chi connectivity index (χ1n) is 7.75. The third-order valence-electron chi connectivity index (χ3n) is 3.52. The number of carbonyl (C=O) groups is 1. The molecule has 7 heteroatoms. The summed E-state index contributed by atoms with van der Waals surface area (Å²) in [5, 5.41) is 10.2. The second-order valence-electron chi connectivity index (χ2n) is 5.31. The predicted molar refractivity (Wildman–Crippen MR) is 98.8 cm³/mol. The van der Waals surface area contributed by atoms with Gasteiger partial charge in [-0.25, -0.2) is 4.98 Å². The highest BCUT2D eigenvalue weighted by Crippen LogP contribution is 2.24. The standard InChI is InChI=1S/C18H18N4O2S/c1-12(17(23)19-14-8-10-15(24-2)11-9-14)25-18-20-16(21-22-18)13-6-4-3-5-7-13/h3-12H,1-2H3,(H,19,23)(H,20,21,22)/t12-/m1/s1. The van der Waals surface area contributed by atoms with Crippen molar-refractivity contribution in [1.29, 1.82) is 0 Å². The van der Waals surface area contributed by atoms with E-state index in [1.165, 1.54) is 11.8 Å². The van der Waals surface area contributed by atoms with Crippen molar-refractivity contribution in [2.45, 2.75) is 17.3 Å². The number of aromatic nitrogens is 3. The summed E-state index contributed by atoms with van der Waals surface area (Å²) >= 11 is 1.30. The quantitative estimate of drug-likeness (QED) is 0.661. The fourth-order valence-electron chi connectivity index (χ4n) is 2.15. The Hall–Kier alpha value is -2.80. The van der Waals surface area contributed by atoms with Crippen LogP contribution in [0, 0.1) is 0 Å². The highest BCUT2D eigenvalue weighted by atomic mass is 32.2. The lowest BCUT2D eigenvalue weighted by Crippen LogP contribution is -2.22. The van der Waals surface area contributed by atoms with Crippen LogP contribution in [0.3, 0.4) is 0 Å². The summed E-state index contributed by atoms with van der Waals surface area (Å²) in [5.74, 6) is 1.32. The Balaban J connectivity index is 1.60. The van der Waals surface area contributed by atoms with Crippen molar-refractivity contribution in [3.8, 4) is 17.1 Å². The van der Waals surface area contributed by atoms with Gasteiger partial charge in [0.15, 0.2) is 5.82 Å². The number of hydrogen-bond acceptors (Lipinski definition) is 5. The number of hydrogen-bond donors (Lipinski definition) is 2. The van der Waals surface area contributed by atoms with Crippen LogP contribution < -0.4 is 10.1 Å². The number of aromatic amines is 1. The van der Waals surface area contributed by atoms with Crippen LogP contribution in [0.4, 0.5) is 5.69 Å². The van der Waals surface area contributed by atoms with E-state index in [0.29, 0.717) is 11.0 Å². The molecule has 6 nitrogen and oxygen atoms in total. The first kappa shape index (κ1) is 17.0. The first-order chi connectivity index (χ1) is 12.2. The van der Waals surface area contributed by atoms with Gasteiger partial charge in [0.1, 0.15) is 5.75 Å². The summed E-state index contributed by atoms with van der Waals surface area (Å²) in [6.45, 7) is 1.82.